The summed E-state index contributed by atoms with van der Waals surface area (Å²) >= 11 is 1.83. The Hall–Kier alpha value is -1.41. The fourth-order valence-electron chi connectivity index (χ4n) is 1.73. The number of thiophene rings is 1. The van der Waals surface area contributed by atoms with Crippen LogP contribution in [0.25, 0.3) is 20.2 Å². The van der Waals surface area contributed by atoms with Crippen molar-refractivity contribution >= 4 is 31.5 Å². The molecule has 1 nitrogen and oxygen atoms in total. The Morgan fingerprint density at radius 3 is 2.86 bits per heavy atom. The Labute approximate surface area is 86.0 Å². The molecule has 0 aliphatic heterocycles. The highest BCUT2D eigenvalue weighted by Crippen LogP contribution is 2.33. The fourth-order valence-corrected chi connectivity index (χ4v) is 2.79. The second kappa shape index (κ2) is 2.79. The van der Waals surface area contributed by atoms with E-state index in [0.29, 0.717) is 0 Å². The largest absolute Gasteiger partial charge is 0.264 e. The van der Waals surface area contributed by atoms with Crippen molar-refractivity contribution in [2.45, 2.75) is 6.92 Å². The summed E-state index contributed by atoms with van der Waals surface area (Å²) in [6, 6.07) is 8.66. The molecule has 0 radical (unpaired) electrons. The lowest BCUT2D eigenvalue weighted by atomic mass is 10.1. The number of benzene rings is 1. The molecule has 3 rings (SSSR count). The van der Waals surface area contributed by atoms with Gasteiger partial charge in [-0.2, -0.15) is 0 Å². The molecule has 2 aromatic heterocycles. The molecule has 0 amide bonds. The summed E-state index contributed by atoms with van der Waals surface area (Å²) in [5.41, 5.74) is 1.31. The second-order valence-corrected chi connectivity index (χ2v) is 4.56. The number of nitrogens with zero attached hydrogens (tertiary/aromatic N) is 1. The highest BCUT2D eigenvalue weighted by Gasteiger charge is 2.03. The van der Waals surface area contributed by atoms with Gasteiger partial charge in [0.2, 0.25) is 0 Å². The molecule has 14 heavy (non-hydrogen) atoms. The highest BCUT2D eigenvalue weighted by atomic mass is 32.1. The van der Waals surface area contributed by atoms with Gasteiger partial charge in [-0.3, -0.25) is 4.98 Å². The van der Waals surface area contributed by atoms with E-state index < -0.39 is 0 Å². The summed E-state index contributed by atoms with van der Waals surface area (Å²) < 4.78 is 2.67. The van der Waals surface area contributed by atoms with Crippen LogP contribution in [0.4, 0.5) is 0 Å². The standard InChI is InChI=1S/C12H9NS/c1-8-2-3-11-9(6-8)10-7-13-5-4-12(10)14-11/h2-7H,1H3. The van der Waals surface area contributed by atoms with Crippen LogP contribution in [-0.2, 0) is 0 Å². The Bertz CT molecular complexity index is 610. The van der Waals surface area contributed by atoms with Crippen LogP contribution in [-0.4, -0.2) is 4.98 Å². The van der Waals surface area contributed by atoms with Crippen molar-refractivity contribution in [3.63, 3.8) is 0 Å². The maximum atomic E-state index is 4.17. The molecule has 0 spiro atoms. The van der Waals surface area contributed by atoms with Crippen molar-refractivity contribution in [1.29, 1.82) is 0 Å². The number of pyridine rings is 1. The highest BCUT2D eigenvalue weighted by molar-refractivity contribution is 7.25. The van der Waals surface area contributed by atoms with Crippen LogP contribution in [0.2, 0.25) is 0 Å². The third kappa shape index (κ3) is 1.04. The zero-order valence-electron chi connectivity index (χ0n) is 7.82. The van der Waals surface area contributed by atoms with Crippen molar-refractivity contribution in [3.05, 3.63) is 42.2 Å². The average molecular weight is 199 g/mol. The van der Waals surface area contributed by atoms with Gasteiger partial charge in [-0.15, -0.1) is 11.3 Å². The van der Waals surface area contributed by atoms with Gasteiger partial charge in [0.25, 0.3) is 0 Å². The summed E-state index contributed by atoms with van der Waals surface area (Å²) in [4.78, 5) is 4.17. The first-order chi connectivity index (χ1) is 6.84. The molecule has 1 aromatic carbocycles. The molecule has 68 valence electrons. The molecule has 3 aromatic rings. The van der Waals surface area contributed by atoms with Crippen LogP contribution in [0, 0.1) is 6.92 Å². The summed E-state index contributed by atoms with van der Waals surface area (Å²) in [7, 11) is 0. The summed E-state index contributed by atoms with van der Waals surface area (Å²) in [5, 5.41) is 2.61. The van der Waals surface area contributed by atoms with E-state index >= 15 is 0 Å². The van der Waals surface area contributed by atoms with Gasteiger partial charge in [0.05, 0.1) is 0 Å². The van der Waals surface area contributed by atoms with Crippen molar-refractivity contribution in [2.75, 3.05) is 0 Å². The van der Waals surface area contributed by atoms with Gasteiger partial charge in [-0.1, -0.05) is 11.6 Å². The predicted octanol–water partition coefficient (Wildman–Crippen LogP) is 3.76. The Balaban J connectivity index is 2.58. The van der Waals surface area contributed by atoms with Crippen LogP contribution in [0.15, 0.2) is 36.7 Å². The molecular weight excluding hydrogens is 190 g/mol. The fraction of sp³-hybridized carbons (Fsp3) is 0.0833. The smallest absolute Gasteiger partial charge is 0.0386 e. The second-order valence-electron chi connectivity index (χ2n) is 3.47. The first-order valence-electron chi connectivity index (χ1n) is 4.57. The van der Waals surface area contributed by atoms with E-state index in [4.69, 9.17) is 0 Å². The summed E-state index contributed by atoms with van der Waals surface area (Å²) in [5.74, 6) is 0. The molecule has 0 unspecified atom stereocenters. The molecule has 0 aliphatic rings. The number of aryl methyl sites for hydroxylation is 1. The monoisotopic (exact) mass is 199 g/mol. The molecule has 0 saturated heterocycles. The Kier molecular flexibility index (Phi) is 1.58. The maximum absolute atomic E-state index is 4.17. The van der Waals surface area contributed by atoms with Crippen LogP contribution in [0.5, 0.6) is 0 Å². The molecule has 0 atom stereocenters. The van der Waals surface area contributed by atoms with E-state index in [1.165, 1.54) is 25.7 Å². The third-order valence-corrected chi connectivity index (χ3v) is 3.58. The molecule has 2 heterocycles. The third-order valence-electron chi connectivity index (χ3n) is 2.43. The Morgan fingerprint density at radius 1 is 1.07 bits per heavy atom. The number of hydrogen-bond donors (Lipinski definition) is 0. The first kappa shape index (κ1) is 7.94. The van der Waals surface area contributed by atoms with E-state index in [-0.39, 0.29) is 0 Å². The van der Waals surface area contributed by atoms with Crippen LogP contribution in [0.1, 0.15) is 5.56 Å². The lowest BCUT2D eigenvalue weighted by molar-refractivity contribution is 1.37. The zero-order chi connectivity index (χ0) is 9.54. The summed E-state index contributed by atoms with van der Waals surface area (Å²) in [6.07, 6.45) is 3.80. The lowest BCUT2D eigenvalue weighted by Gasteiger charge is -1.92. The SMILES string of the molecule is Cc1ccc2sc3ccncc3c2c1. The normalized spacial score (nSPS) is 11.2. The molecule has 0 fully saturated rings. The lowest BCUT2D eigenvalue weighted by Crippen LogP contribution is -1.71. The van der Waals surface area contributed by atoms with Crippen LogP contribution >= 0.6 is 11.3 Å². The Morgan fingerprint density at radius 2 is 1.93 bits per heavy atom. The number of aromatic nitrogens is 1. The van der Waals surface area contributed by atoms with Crippen LogP contribution < -0.4 is 0 Å². The van der Waals surface area contributed by atoms with Gasteiger partial charge >= 0.3 is 0 Å². The van der Waals surface area contributed by atoms with E-state index in [0.717, 1.165) is 0 Å². The van der Waals surface area contributed by atoms with E-state index in [2.05, 4.69) is 36.2 Å². The number of fused-ring (bicyclic) bond motifs is 3. The maximum Gasteiger partial charge on any atom is 0.0386 e. The summed E-state index contributed by atoms with van der Waals surface area (Å²) in [6.45, 7) is 2.12. The van der Waals surface area contributed by atoms with Gasteiger partial charge in [0.1, 0.15) is 0 Å². The first-order valence-corrected chi connectivity index (χ1v) is 5.39. The van der Waals surface area contributed by atoms with E-state index in [1.807, 2.05) is 23.7 Å². The van der Waals surface area contributed by atoms with Crippen molar-refractivity contribution < 1.29 is 0 Å². The minimum Gasteiger partial charge on any atom is -0.264 e. The topological polar surface area (TPSA) is 12.9 Å². The van der Waals surface area contributed by atoms with Gasteiger partial charge in [0.15, 0.2) is 0 Å². The molecule has 0 bridgehead atoms. The zero-order valence-corrected chi connectivity index (χ0v) is 8.64. The van der Waals surface area contributed by atoms with Crippen molar-refractivity contribution in [3.8, 4) is 0 Å². The molecular formula is C12H9NS. The van der Waals surface area contributed by atoms with Gasteiger partial charge < -0.3 is 0 Å². The quantitative estimate of drug-likeness (QED) is 0.537. The average Bonchev–Trinajstić information content (AvgIpc) is 2.56. The molecule has 0 N–H and O–H groups in total. The molecule has 2 heteroatoms. The van der Waals surface area contributed by atoms with Crippen molar-refractivity contribution in [2.24, 2.45) is 0 Å². The van der Waals surface area contributed by atoms with Gasteiger partial charge in [0, 0.05) is 32.6 Å². The minimum atomic E-state index is 1.27. The van der Waals surface area contributed by atoms with Gasteiger partial charge in [-0.25, -0.2) is 0 Å². The predicted molar refractivity (Wildman–Crippen MR) is 61.9 cm³/mol. The van der Waals surface area contributed by atoms with Crippen LogP contribution in [0.3, 0.4) is 0 Å². The number of rotatable bonds is 0. The minimum absolute atomic E-state index is 1.27. The van der Waals surface area contributed by atoms with Crippen molar-refractivity contribution in [1.82, 2.24) is 4.98 Å². The molecule has 0 saturated carbocycles. The number of hydrogen-bond acceptors (Lipinski definition) is 2. The molecule has 0 aliphatic carbocycles. The van der Waals surface area contributed by atoms with Gasteiger partial charge in [-0.05, 0) is 25.1 Å². The van der Waals surface area contributed by atoms with E-state index in [9.17, 15) is 0 Å². The van der Waals surface area contributed by atoms with E-state index in [1.54, 1.807) is 0 Å².